The van der Waals surface area contributed by atoms with Crippen LogP contribution in [0.4, 0.5) is 13.2 Å². The molecule has 1 rings (SSSR count). The highest BCUT2D eigenvalue weighted by Gasteiger charge is 2.26. The van der Waals surface area contributed by atoms with E-state index >= 15 is 0 Å². The third-order valence-corrected chi connectivity index (χ3v) is 1.79. The number of halogens is 3. The molecule has 0 saturated heterocycles. The average molecular weight is 220 g/mol. The van der Waals surface area contributed by atoms with Gasteiger partial charge in [0.2, 0.25) is 0 Å². The van der Waals surface area contributed by atoms with Gasteiger partial charge in [0.05, 0.1) is 19.6 Å². The Balaban J connectivity index is 2.50. The number of alkyl halides is 3. The van der Waals surface area contributed by atoms with Crippen LogP contribution in [0.15, 0.2) is 24.3 Å². The molecule has 0 aliphatic carbocycles. The normalized spacial score (nSPS) is 11.5. The molecule has 1 aromatic rings. The molecule has 0 heterocycles. The van der Waals surface area contributed by atoms with Crippen LogP contribution < -0.4 is 4.74 Å². The quantitative estimate of drug-likeness (QED) is 0.844. The summed E-state index contributed by atoms with van der Waals surface area (Å²) in [6.45, 7) is -0.678. The molecular weight excluding hydrogens is 209 g/mol. The van der Waals surface area contributed by atoms with E-state index in [9.17, 15) is 13.2 Å². The van der Waals surface area contributed by atoms with Gasteiger partial charge < -0.3 is 9.84 Å². The third kappa shape index (κ3) is 4.20. The van der Waals surface area contributed by atoms with Crippen LogP contribution in [0.1, 0.15) is 12.0 Å². The van der Waals surface area contributed by atoms with Gasteiger partial charge in [0.1, 0.15) is 5.75 Å². The van der Waals surface area contributed by atoms with Gasteiger partial charge in [-0.25, -0.2) is 0 Å². The van der Waals surface area contributed by atoms with Gasteiger partial charge in [-0.05, 0) is 6.07 Å². The fraction of sp³-hybridized carbons (Fsp3) is 0.400. The first kappa shape index (κ1) is 11.8. The van der Waals surface area contributed by atoms with Crippen LogP contribution in [0.3, 0.4) is 0 Å². The summed E-state index contributed by atoms with van der Waals surface area (Å²) in [5.41, 5.74) is 0.486. The molecule has 0 bridgehead atoms. The van der Waals surface area contributed by atoms with Crippen LogP contribution in [-0.2, 0) is 6.61 Å². The highest BCUT2D eigenvalue weighted by Crippen LogP contribution is 2.22. The van der Waals surface area contributed by atoms with Gasteiger partial charge >= 0.3 is 6.18 Å². The van der Waals surface area contributed by atoms with Crippen LogP contribution in [0.5, 0.6) is 5.75 Å². The highest BCUT2D eigenvalue weighted by atomic mass is 19.4. The molecule has 15 heavy (non-hydrogen) atoms. The van der Waals surface area contributed by atoms with E-state index in [0.29, 0.717) is 11.3 Å². The molecule has 0 unspecified atom stereocenters. The van der Waals surface area contributed by atoms with Crippen molar-refractivity contribution in [3.8, 4) is 5.75 Å². The zero-order valence-corrected chi connectivity index (χ0v) is 7.92. The summed E-state index contributed by atoms with van der Waals surface area (Å²) in [5, 5.41) is 8.88. The molecule has 5 heteroatoms. The van der Waals surface area contributed by atoms with Crippen LogP contribution in [0, 0.1) is 0 Å². The Hall–Kier alpha value is -1.23. The standard InChI is InChI=1S/C10H11F3O2/c11-10(12,13)5-6-15-9-4-2-1-3-8(9)7-14/h1-4,14H,5-7H2. The van der Waals surface area contributed by atoms with Crippen LogP contribution in [0.25, 0.3) is 0 Å². The molecule has 0 aliphatic heterocycles. The van der Waals surface area contributed by atoms with Crippen molar-refractivity contribution in [1.29, 1.82) is 0 Å². The summed E-state index contributed by atoms with van der Waals surface area (Å²) < 4.78 is 40.4. The lowest BCUT2D eigenvalue weighted by Gasteiger charge is -2.10. The molecule has 84 valence electrons. The molecule has 0 atom stereocenters. The van der Waals surface area contributed by atoms with Crippen molar-refractivity contribution < 1.29 is 23.0 Å². The minimum atomic E-state index is -4.21. The number of ether oxygens (including phenoxy) is 1. The molecule has 1 aromatic carbocycles. The first-order valence-corrected chi connectivity index (χ1v) is 4.41. The van der Waals surface area contributed by atoms with Crippen molar-refractivity contribution in [2.75, 3.05) is 6.61 Å². The van der Waals surface area contributed by atoms with Gasteiger partial charge in [-0.1, -0.05) is 18.2 Å². The summed E-state index contributed by atoms with van der Waals surface area (Å²) in [5.74, 6) is 0.296. The maximum atomic E-state index is 11.8. The SMILES string of the molecule is OCc1ccccc1OCCC(F)(F)F. The van der Waals surface area contributed by atoms with Crippen LogP contribution >= 0.6 is 0 Å². The maximum absolute atomic E-state index is 11.8. The average Bonchev–Trinajstić information content (AvgIpc) is 2.16. The van der Waals surface area contributed by atoms with E-state index in [4.69, 9.17) is 9.84 Å². The van der Waals surface area contributed by atoms with Crippen LogP contribution in [-0.4, -0.2) is 17.9 Å². The lowest BCUT2D eigenvalue weighted by atomic mass is 10.2. The van der Waals surface area contributed by atoms with Crippen molar-refractivity contribution in [1.82, 2.24) is 0 Å². The van der Waals surface area contributed by atoms with Crippen molar-refractivity contribution in [2.24, 2.45) is 0 Å². The Morgan fingerprint density at radius 1 is 1.20 bits per heavy atom. The minimum absolute atomic E-state index is 0.248. The van der Waals surface area contributed by atoms with Crippen LogP contribution in [0.2, 0.25) is 0 Å². The van der Waals surface area contributed by atoms with Gasteiger partial charge in [-0.15, -0.1) is 0 Å². The summed E-state index contributed by atoms with van der Waals surface area (Å²) >= 11 is 0. The number of hydrogen-bond donors (Lipinski definition) is 1. The van der Waals surface area contributed by atoms with Crippen molar-refractivity contribution in [2.45, 2.75) is 19.2 Å². The van der Waals surface area contributed by atoms with E-state index in [1.165, 1.54) is 6.07 Å². The lowest BCUT2D eigenvalue weighted by molar-refractivity contribution is -0.139. The van der Waals surface area contributed by atoms with E-state index < -0.39 is 19.2 Å². The van der Waals surface area contributed by atoms with Crippen molar-refractivity contribution in [3.63, 3.8) is 0 Å². The summed E-state index contributed by atoms with van der Waals surface area (Å²) in [6.07, 6.45) is -5.21. The topological polar surface area (TPSA) is 29.5 Å². The third-order valence-electron chi connectivity index (χ3n) is 1.79. The summed E-state index contributed by atoms with van der Waals surface area (Å²) in [7, 11) is 0. The molecule has 2 nitrogen and oxygen atoms in total. The molecule has 0 aliphatic rings. The zero-order chi connectivity index (χ0) is 11.3. The van der Waals surface area contributed by atoms with E-state index in [1.54, 1.807) is 18.2 Å². The highest BCUT2D eigenvalue weighted by molar-refractivity contribution is 5.32. The zero-order valence-electron chi connectivity index (χ0n) is 7.92. The molecule has 0 saturated carbocycles. The Kier molecular flexibility index (Phi) is 3.96. The molecule has 0 spiro atoms. The number of rotatable bonds is 4. The molecule has 0 fully saturated rings. The fourth-order valence-electron chi connectivity index (χ4n) is 1.05. The monoisotopic (exact) mass is 220 g/mol. The number of para-hydroxylation sites is 1. The fourth-order valence-corrected chi connectivity index (χ4v) is 1.05. The predicted molar refractivity (Wildman–Crippen MR) is 48.5 cm³/mol. The molecule has 1 N–H and O–H groups in total. The Bertz CT molecular complexity index is 310. The molecule has 0 aromatic heterocycles. The molecule has 0 amide bonds. The predicted octanol–water partition coefficient (Wildman–Crippen LogP) is 2.51. The number of hydrogen-bond acceptors (Lipinski definition) is 2. The van der Waals surface area contributed by atoms with Gasteiger partial charge in [-0.3, -0.25) is 0 Å². The largest absolute Gasteiger partial charge is 0.493 e. The Morgan fingerprint density at radius 3 is 2.47 bits per heavy atom. The maximum Gasteiger partial charge on any atom is 0.392 e. The molecule has 0 radical (unpaired) electrons. The minimum Gasteiger partial charge on any atom is -0.493 e. The van der Waals surface area contributed by atoms with Gasteiger partial charge in [0.15, 0.2) is 0 Å². The Morgan fingerprint density at radius 2 is 1.87 bits per heavy atom. The van der Waals surface area contributed by atoms with Gasteiger partial charge in [0, 0.05) is 5.56 Å². The molecular formula is C10H11F3O2. The van der Waals surface area contributed by atoms with Gasteiger partial charge in [0.25, 0.3) is 0 Å². The van der Waals surface area contributed by atoms with E-state index in [2.05, 4.69) is 0 Å². The van der Waals surface area contributed by atoms with E-state index in [-0.39, 0.29) is 6.61 Å². The first-order chi connectivity index (χ1) is 7.03. The van der Waals surface area contributed by atoms with E-state index in [0.717, 1.165) is 0 Å². The van der Waals surface area contributed by atoms with E-state index in [1.807, 2.05) is 0 Å². The number of aliphatic hydroxyl groups is 1. The second kappa shape index (κ2) is 5.02. The van der Waals surface area contributed by atoms with Crippen molar-refractivity contribution in [3.05, 3.63) is 29.8 Å². The Labute approximate surface area is 85.3 Å². The smallest absolute Gasteiger partial charge is 0.392 e. The number of benzene rings is 1. The second-order valence-electron chi connectivity index (χ2n) is 2.98. The van der Waals surface area contributed by atoms with Crippen molar-refractivity contribution >= 4 is 0 Å². The number of aliphatic hydroxyl groups excluding tert-OH is 1. The summed E-state index contributed by atoms with van der Waals surface area (Å²) in [4.78, 5) is 0. The lowest BCUT2D eigenvalue weighted by Crippen LogP contribution is -2.13. The second-order valence-corrected chi connectivity index (χ2v) is 2.98. The first-order valence-electron chi connectivity index (χ1n) is 4.41. The summed E-state index contributed by atoms with van der Waals surface area (Å²) in [6, 6.07) is 6.45. The van der Waals surface area contributed by atoms with Gasteiger partial charge in [-0.2, -0.15) is 13.2 Å².